The van der Waals surface area contributed by atoms with E-state index in [1.165, 1.54) is 23.7 Å². The Morgan fingerprint density at radius 2 is 1.94 bits per heavy atom. The van der Waals surface area contributed by atoms with Gasteiger partial charge in [0, 0.05) is 37.8 Å². The van der Waals surface area contributed by atoms with Gasteiger partial charge in [-0.3, -0.25) is 0 Å². The van der Waals surface area contributed by atoms with Crippen LogP contribution in [-0.4, -0.2) is 55.2 Å². The Kier molecular flexibility index (Phi) is 7.40. The molecule has 34 heavy (non-hydrogen) atoms. The Morgan fingerprint density at radius 3 is 2.62 bits per heavy atom. The molecule has 2 aromatic carbocycles. The fraction of sp³-hybridized carbons (Fsp3) is 0.423. The van der Waals surface area contributed by atoms with E-state index in [-0.39, 0.29) is 23.6 Å². The number of hydrogen-bond donors (Lipinski definition) is 1. The summed E-state index contributed by atoms with van der Waals surface area (Å²) in [4.78, 5) is 6.45. The van der Waals surface area contributed by atoms with Crippen molar-refractivity contribution in [2.75, 3.05) is 26.2 Å². The highest BCUT2D eigenvalue weighted by molar-refractivity contribution is 7.89. The minimum Gasteiger partial charge on any atom is -0.492 e. The van der Waals surface area contributed by atoms with Crippen molar-refractivity contribution in [1.82, 2.24) is 19.2 Å². The van der Waals surface area contributed by atoms with Gasteiger partial charge in [-0.2, -0.15) is 0 Å². The number of hydrogen-bond acceptors (Lipinski definition) is 5. The topological polar surface area (TPSA) is 76.5 Å². The number of aryl methyl sites for hydroxylation is 1. The van der Waals surface area contributed by atoms with Gasteiger partial charge in [-0.05, 0) is 56.5 Å². The molecule has 0 spiro atoms. The van der Waals surface area contributed by atoms with Gasteiger partial charge in [0.15, 0.2) is 5.03 Å². The van der Waals surface area contributed by atoms with Crippen LogP contribution in [0.3, 0.4) is 0 Å². The van der Waals surface area contributed by atoms with Gasteiger partial charge in [-0.1, -0.05) is 42.5 Å². The number of benzene rings is 2. The Bertz CT molecular complexity index is 1190. The van der Waals surface area contributed by atoms with Crippen LogP contribution in [-0.2, 0) is 28.9 Å². The van der Waals surface area contributed by atoms with Crippen LogP contribution in [0.25, 0.3) is 0 Å². The second-order valence-electron chi connectivity index (χ2n) is 9.41. The fourth-order valence-electron chi connectivity index (χ4n) is 4.68. The molecule has 1 N–H and O–H groups in total. The van der Waals surface area contributed by atoms with Gasteiger partial charge in [0.1, 0.15) is 12.4 Å². The van der Waals surface area contributed by atoms with E-state index < -0.39 is 10.0 Å². The van der Waals surface area contributed by atoms with Crippen molar-refractivity contribution >= 4 is 10.0 Å². The summed E-state index contributed by atoms with van der Waals surface area (Å²) in [5.74, 6) is 0.755. The average molecular weight is 483 g/mol. The molecule has 8 heteroatoms. The molecule has 1 saturated heterocycles. The van der Waals surface area contributed by atoms with Crippen LogP contribution >= 0.6 is 0 Å². The first-order valence-corrected chi connectivity index (χ1v) is 13.2. The molecule has 0 radical (unpaired) electrons. The molecule has 0 bridgehead atoms. The van der Waals surface area contributed by atoms with Crippen molar-refractivity contribution in [3.05, 3.63) is 78.2 Å². The van der Waals surface area contributed by atoms with Gasteiger partial charge in [-0.25, -0.2) is 18.1 Å². The number of ether oxygens (including phenoxy) is 1. The zero-order valence-electron chi connectivity index (χ0n) is 20.1. The molecule has 0 aliphatic carbocycles. The van der Waals surface area contributed by atoms with Gasteiger partial charge in [0.25, 0.3) is 10.0 Å². The van der Waals surface area contributed by atoms with E-state index in [9.17, 15) is 8.42 Å². The lowest BCUT2D eigenvalue weighted by atomic mass is 9.75. The molecule has 182 valence electrons. The summed E-state index contributed by atoms with van der Waals surface area (Å²) in [5, 5.41) is 0.00999. The highest BCUT2D eigenvalue weighted by atomic mass is 32.2. The average Bonchev–Trinajstić information content (AvgIpc) is 3.46. The summed E-state index contributed by atoms with van der Waals surface area (Å²) in [6.07, 6.45) is 5.00. The number of nitrogens with zero attached hydrogens (tertiary/aromatic N) is 3. The van der Waals surface area contributed by atoms with E-state index in [1.54, 1.807) is 11.6 Å². The third kappa shape index (κ3) is 5.68. The van der Waals surface area contributed by atoms with Crippen LogP contribution in [0.5, 0.6) is 5.75 Å². The first-order chi connectivity index (χ1) is 16.3. The van der Waals surface area contributed by atoms with Gasteiger partial charge in [-0.15, -0.1) is 0 Å². The molecule has 1 aliphatic rings. The third-order valence-electron chi connectivity index (χ3n) is 6.56. The SMILES string of the molecule is CC(C)N1CCC(Cc2ccccc2)(c2cccc(OCCNS(=O)(=O)c3cn(C)cn3)c2)C1. The van der Waals surface area contributed by atoms with Crippen LogP contribution < -0.4 is 9.46 Å². The molecular formula is C26H34N4O3S. The number of nitrogens with one attached hydrogen (secondary N) is 1. The summed E-state index contributed by atoms with van der Waals surface area (Å²) in [5.41, 5.74) is 2.63. The highest BCUT2D eigenvalue weighted by Crippen LogP contribution is 2.39. The smallest absolute Gasteiger partial charge is 0.259 e. The van der Waals surface area contributed by atoms with Crippen molar-refractivity contribution in [3.63, 3.8) is 0 Å². The van der Waals surface area contributed by atoms with Crippen molar-refractivity contribution in [3.8, 4) is 5.75 Å². The molecule has 4 rings (SSSR count). The quantitative estimate of drug-likeness (QED) is 0.449. The predicted molar refractivity (Wildman–Crippen MR) is 133 cm³/mol. The maximum atomic E-state index is 12.3. The van der Waals surface area contributed by atoms with E-state index in [0.29, 0.717) is 6.04 Å². The number of imidazole rings is 1. The standard InChI is InChI=1S/C26H34N4O3S/c1-21(2)30-14-12-26(19-30,17-22-8-5-4-6-9-22)23-10-7-11-24(16-23)33-15-13-28-34(31,32)25-18-29(3)20-27-25/h4-11,16,18,20-21,28H,12-15,17,19H2,1-3H3. The first kappa shape index (κ1) is 24.4. The summed E-state index contributed by atoms with van der Waals surface area (Å²) in [6.45, 7) is 6.99. The largest absolute Gasteiger partial charge is 0.492 e. The van der Waals surface area contributed by atoms with Crippen molar-refractivity contribution in [2.45, 2.75) is 43.2 Å². The van der Waals surface area contributed by atoms with Gasteiger partial charge >= 0.3 is 0 Å². The zero-order valence-corrected chi connectivity index (χ0v) is 21.0. The molecule has 1 unspecified atom stereocenters. The van der Waals surface area contributed by atoms with E-state index >= 15 is 0 Å². The molecule has 0 amide bonds. The molecule has 1 aliphatic heterocycles. The lowest BCUT2D eigenvalue weighted by molar-refractivity contribution is 0.254. The van der Waals surface area contributed by atoms with Crippen LogP contribution in [0.2, 0.25) is 0 Å². The number of sulfonamides is 1. The number of rotatable bonds is 10. The Balaban J connectivity index is 1.45. The van der Waals surface area contributed by atoms with Gasteiger partial charge in [0.05, 0.1) is 6.33 Å². The van der Waals surface area contributed by atoms with Gasteiger partial charge in [0.2, 0.25) is 0 Å². The lowest BCUT2D eigenvalue weighted by Crippen LogP contribution is -2.36. The van der Waals surface area contributed by atoms with E-state index in [0.717, 1.165) is 31.7 Å². The van der Waals surface area contributed by atoms with Crippen LogP contribution in [0, 0.1) is 0 Å². The van der Waals surface area contributed by atoms with E-state index in [1.807, 2.05) is 12.1 Å². The maximum absolute atomic E-state index is 12.3. The van der Waals surface area contributed by atoms with E-state index in [4.69, 9.17) is 4.74 Å². The third-order valence-corrected chi connectivity index (χ3v) is 7.91. The predicted octanol–water partition coefficient (Wildman–Crippen LogP) is 3.37. The molecule has 0 saturated carbocycles. The molecule has 1 atom stereocenters. The minimum atomic E-state index is -3.64. The molecule has 7 nitrogen and oxygen atoms in total. The fourth-order valence-corrected chi connectivity index (χ4v) is 5.67. The van der Waals surface area contributed by atoms with Crippen molar-refractivity contribution in [2.24, 2.45) is 7.05 Å². The van der Waals surface area contributed by atoms with Crippen molar-refractivity contribution < 1.29 is 13.2 Å². The Hall–Kier alpha value is -2.68. The second-order valence-corrected chi connectivity index (χ2v) is 11.1. The minimum absolute atomic E-state index is 0.00999. The normalized spacial score (nSPS) is 19.1. The summed E-state index contributed by atoms with van der Waals surface area (Å²) < 4.78 is 34.8. The van der Waals surface area contributed by atoms with Crippen LogP contribution in [0.4, 0.5) is 0 Å². The molecule has 2 heterocycles. The summed E-state index contributed by atoms with van der Waals surface area (Å²) >= 11 is 0. The number of aromatic nitrogens is 2. The van der Waals surface area contributed by atoms with Gasteiger partial charge < -0.3 is 14.2 Å². The highest BCUT2D eigenvalue weighted by Gasteiger charge is 2.40. The Morgan fingerprint density at radius 1 is 1.15 bits per heavy atom. The lowest BCUT2D eigenvalue weighted by Gasteiger charge is -2.32. The zero-order chi connectivity index (χ0) is 24.2. The number of likely N-dealkylation sites (tertiary alicyclic amines) is 1. The van der Waals surface area contributed by atoms with E-state index in [2.05, 4.69) is 70.9 Å². The summed E-state index contributed by atoms with van der Waals surface area (Å²) in [7, 11) is -1.91. The first-order valence-electron chi connectivity index (χ1n) is 11.8. The van der Waals surface area contributed by atoms with Crippen LogP contribution in [0.15, 0.2) is 72.1 Å². The summed E-state index contributed by atoms with van der Waals surface area (Å²) in [6, 6.07) is 19.5. The molecule has 3 aromatic rings. The maximum Gasteiger partial charge on any atom is 0.259 e. The Labute approximate surface area is 202 Å². The molecule has 1 aromatic heterocycles. The second kappa shape index (κ2) is 10.3. The van der Waals surface area contributed by atoms with Crippen molar-refractivity contribution in [1.29, 1.82) is 0 Å². The monoisotopic (exact) mass is 482 g/mol. The molecule has 1 fully saturated rings. The molecular weight excluding hydrogens is 448 g/mol. The van der Waals surface area contributed by atoms with Crippen LogP contribution in [0.1, 0.15) is 31.4 Å².